The van der Waals surface area contributed by atoms with E-state index in [1.165, 1.54) is 30.6 Å². The monoisotopic (exact) mass is 383 g/mol. The maximum Gasteiger partial charge on any atom is 0.354 e. The number of nitro groups is 1. The molecule has 0 aliphatic rings. The van der Waals surface area contributed by atoms with Crippen molar-refractivity contribution < 1.29 is 14.1 Å². The third-order valence-electron chi connectivity index (χ3n) is 3.60. The minimum absolute atomic E-state index is 0.0533. The van der Waals surface area contributed by atoms with Crippen LogP contribution < -0.4 is 16.2 Å². The van der Waals surface area contributed by atoms with E-state index in [9.17, 15) is 19.3 Å². The molecule has 0 saturated heterocycles. The Hall–Kier alpha value is -4.15. The maximum atomic E-state index is 13.0. The number of halogens is 1. The Balaban J connectivity index is 1.74. The van der Waals surface area contributed by atoms with E-state index >= 15 is 0 Å². The first-order valence-corrected chi connectivity index (χ1v) is 7.98. The number of amides is 1. The summed E-state index contributed by atoms with van der Waals surface area (Å²) in [5, 5.41) is 14.3. The number of carbonyl (C=O) groups is 1. The Morgan fingerprint density at radius 1 is 1.14 bits per heavy atom. The first kappa shape index (κ1) is 18.6. The lowest BCUT2D eigenvalue weighted by atomic mass is 10.2. The van der Waals surface area contributed by atoms with Gasteiger partial charge in [-0.25, -0.2) is 14.4 Å². The molecular formula is C17H14FN7O3. The molecule has 0 bridgehead atoms. The lowest BCUT2D eigenvalue weighted by Crippen LogP contribution is -2.30. The van der Waals surface area contributed by atoms with E-state index in [1.807, 2.05) is 0 Å². The van der Waals surface area contributed by atoms with E-state index in [1.54, 1.807) is 18.2 Å². The van der Waals surface area contributed by atoms with Crippen LogP contribution in [0.15, 0.2) is 55.1 Å². The Kier molecular flexibility index (Phi) is 5.65. The van der Waals surface area contributed by atoms with Gasteiger partial charge in [-0.15, -0.1) is 0 Å². The van der Waals surface area contributed by atoms with Crippen molar-refractivity contribution in [2.75, 3.05) is 10.7 Å². The summed E-state index contributed by atoms with van der Waals surface area (Å²) < 4.78 is 13.0. The molecule has 142 valence electrons. The fourth-order valence-electron chi connectivity index (χ4n) is 2.25. The van der Waals surface area contributed by atoms with Crippen molar-refractivity contribution in [1.29, 1.82) is 0 Å². The predicted molar refractivity (Wildman–Crippen MR) is 97.7 cm³/mol. The lowest BCUT2D eigenvalue weighted by molar-refractivity contribution is -0.383. The molecule has 11 heteroatoms. The van der Waals surface area contributed by atoms with E-state index in [0.29, 0.717) is 5.56 Å². The van der Waals surface area contributed by atoms with Crippen LogP contribution in [0.3, 0.4) is 0 Å². The van der Waals surface area contributed by atoms with Gasteiger partial charge in [0.2, 0.25) is 11.6 Å². The molecule has 1 amide bonds. The molecule has 0 fully saturated rings. The van der Waals surface area contributed by atoms with E-state index in [4.69, 9.17) is 0 Å². The van der Waals surface area contributed by atoms with Crippen LogP contribution in [0.4, 0.5) is 21.7 Å². The van der Waals surface area contributed by atoms with Crippen LogP contribution in [0.2, 0.25) is 0 Å². The Morgan fingerprint density at radius 3 is 2.57 bits per heavy atom. The summed E-state index contributed by atoms with van der Waals surface area (Å²) in [4.78, 5) is 34.4. The highest BCUT2D eigenvalue weighted by Crippen LogP contribution is 2.28. The first-order valence-electron chi connectivity index (χ1n) is 7.98. The zero-order valence-corrected chi connectivity index (χ0v) is 14.3. The van der Waals surface area contributed by atoms with Gasteiger partial charge in [0.05, 0.1) is 10.5 Å². The van der Waals surface area contributed by atoms with E-state index in [-0.39, 0.29) is 29.6 Å². The molecular weight excluding hydrogens is 369 g/mol. The molecule has 0 unspecified atom stereocenters. The maximum absolute atomic E-state index is 13.0. The largest absolute Gasteiger partial charge is 0.360 e. The fraction of sp³-hybridized carbons (Fsp3) is 0.0588. The summed E-state index contributed by atoms with van der Waals surface area (Å²) in [7, 11) is 0. The number of pyridine rings is 1. The number of hydrazine groups is 1. The fourth-order valence-corrected chi connectivity index (χ4v) is 2.25. The molecule has 0 aliphatic carbocycles. The number of aromatic nitrogens is 3. The van der Waals surface area contributed by atoms with Gasteiger partial charge in [0.25, 0.3) is 5.91 Å². The van der Waals surface area contributed by atoms with Crippen molar-refractivity contribution in [3.05, 3.63) is 82.2 Å². The zero-order valence-electron chi connectivity index (χ0n) is 14.3. The molecule has 10 nitrogen and oxygen atoms in total. The lowest BCUT2D eigenvalue weighted by Gasteiger charge is -2.11. The minimum atomic E-state index is -0.675. The van der Waals surface area contributed by atoms with Gasteiger partial charge >= 0.3 is 5.69 Å². The van der Waals surface area contributed by atoms with Crippen molar-refractivity contribution in [1.82, 2.24) is 20.4 Å². The average molecular weight is 383 g/mol. The number of benzene rings is 1. The normalized spacial score (nSPS) is 10.2. The van der Waals surface area contributed by atoms with Gasteiger partial charge in [-0.1, -0.05) is 12.1 Å². The Morgan fingerprint density at radius 2 is 1.89 bits per heavy atom. The van der Waals surface area contributed by atoms with Crippen LogP contribution in [0.1, 0.15) is 15.9 Å². The highest BCUT2D eigenvalue weighted by Gasteiger charge is 2.23. The predicted octanol–water partition coefficient (Wildman–Crippen LogP) is 2.29. The Labute approximate surface area is 158 Å². The number of rotatable bonds is 7. The summed E-state index contributed by atoms with van der Waals surface area (Å²) in [6.07, 6.45) is 3.97. The van der Waals surface area contributed by atoms with Crippen LogP contribution >= 0.6 is 0 Å². The second-order valence-electron chi connectivity index (χ2n) is 5.48. The van der Waals surface area contributed by atoms with Crippen molar-refractivity contribution in [3.8, 4) is 0 Å². The standard InChI is InChI=1S/C17H14FN7O3/c18-13-5-3-11(4-6-13)8-20-15-14(25(27)28)16(22-10-21-15)23-24-17(26)12-2-1-7-19-9-12/h1-7,9-10H,8H2,(H,24,26)(H2,20,21,22,23). The van der Waals surface area contributed by atoms with Crippen molar-refractivity contribution in [3.63, 3.8) is 0 Å². The summed E-state index contributed by atoms with van der Waals surface area (Å²) in [5.74, 6) is -1.17. The van der Waals surface area contributed by atoms with Crippen LogP contribution in [0, 0.1) is 15.9 Å². The molecule has 2 heterocycles. The van der Waals surface area contributed by atoms with Crippen LogP contribution in [0.25, 0.3) is 0 Å². The molecule has 3 aromatic rings. The van der Waals surface area contributed by atoms with Crippen molar-refractivity contribution >= 4 is 23.2 Å². The third kappa shape index (κ3) is 4.52. The molecule has 3 rings (SSSR count). The van der Waals surface area contributed by atoms with Crippen molar-refractivity contribution in [2.45, 2.75) is 6.54 Å². The SMILES string of the molecule is O=C(NNc1ncnc(NCc2ccc(F)cc2)c1[N+](=O)[O-])c1cccnc1. The number of carbonyl (C=O) groups excluding carboxylic acids is 1. The van der Waals surface area contributed by atoms with Crippen LogP contribution in [-0.4, -0.2) is 25.8 Å². The average Bonchev–Trinajstić information content (AvgIpc) is 2.72. The molecule has 1 aromatic carbocycles. The summed E-state index contributed by atoms with van der Waals surface area (Å²) in [6.45, 7) is 0.180. The number of hydrogen-bond donors (Lipinski definition) is 3. The minimum Gasteiger partial charge on any atom is -0.360 e. The highest BCUT2D eigenvalue weighted by atomic mass is 19.1. The topological polar surface area (TPSA) is 135 Å². The molecule has 0 spiro atoms. The summed E-state index contributed by atoms with van der Waals surface area (Å²) in [6, 6.07) is 8.78. The van der Waals surface area contributed by atoms with Crippen LogP contribution in [-0.2, 0) is 6.54 Å². The molecule has 0 atom stereocenters. The third-order valence-corrected chi connectivity index (χ3v) is 3.60. The van der Waals surface area contributed by atoms with E-state index in [0.717, 1.165) is 6.33 Å². The number of nitrogens with one attached hydrogen (secondary N) is 3. The number of anilines is 2. The van der Waals surface area contributed by atoms with Gasteiger partial charge in [0.15, 0.2) is 0 Å². The van der Waals surface area contributed by atoms with Gasteiger partial charge < -0.3 is 5.32 Å². The molecule has 0 saturated carbocycles. The summed E-state index contributed by atoms with van der Waals surface area (Å²) >= 11 is 0. The molecule has 28 heavy (non-hydrogen) atoms. The number of hydrogen-bond acceptors (Lipinski definition) is 8. The van der Waals surface area contributed by atoms with Crippen molar-refractivity contribution in [2.24, 2.45) is 0 Å². The quantitative estimate of drug-likeness (QED) is 0.418. The van der Waals surface area contributed by atoms with E-state index in [2.05, 4.69) is 31.1 Å². The number of nitrogens with zero attached hydrogens (tertiary/aromatic N) is 4. The second-order valence-corrected chi connectivity index (χ2v) is 5.48. The van der Waals surface area contributed by atoms with Gasteiger partial charge in [-0.2, -0.15) is 0 Å². The molecule has 0 radical (unpaired) electrons. The van der Waals surface area contributed by atoms with Crippen LogP contribution in [0.5, 0.6) is 0 Å². The smallest absolute Gasteiger partial charge is 0.354 e. The van der Waals surface area contributed by atoms with Gasteiger partial charge in [-0.3, -0.25) is 30.7 Å². The Bertz CT molecular complexity index is 984. The molecule has 3 N–H and O–H groups in total. The van der Waals surface area contributed by atoms with Gasteiger partial charge in [-0.05, 0) is 29.8 Å². The zero-order chi connectivity index (χ0) is 19.9. The van der Waals surface area contributed by atoms with E-state index < -0.39 is 16.5 Å². The summed E-state index contributed by atoms with van der Waals surface area (Å²) in [5.41, 5.74) is 5.27. The highest BCUT2D eigenvalue weighted by molar-refractivity contribution is 5.94. The van der Waals surface area contributed by atoms with Gasteiger partial charge in [0, 0.05) is 18.9 Å². The molecule has 2 aromatic heterocycles. The second kappa shape index (κ2) is 8.49. The first-order chi connectivity index (χ1) is 13.5. The molecule has 0 aliphatic heterocycles. The van der Waals surface area contributed by atoms with Gasteiger partial charge in [0.1, 0.15) is 12.1 Å².